The first-order valence-corrected chi connectivity index (χ1v) is 9.36. The van der Waals surface area contributed by atoms with Gasteiger partial charge >= 0.3 is 5.97 Å². The van der Waals surface area contributed by atoms with Crippen LogP contribution in [0.3, 0.4) is 0 Å². The van der Waals surface area contributed by atoms with Gasteiger partial charge in [0.05, 0.1) is 16.4 Å². The highest BCUT2D eigenvalue weighted by Crippen LogP contribution is 2.35. The number of rotatable bonds is 4. The number of halogens is 1. The van der Waals surface area contributed by atoms with Gasteiger partial charge in [-0.1, -0.05) is 48.0 Å². The van der Waals surface area contributed by atoms with Gasteiger partial charge in [0, 0.05) is 10.1 Å². The van der Waals surface area contributed by atoms with E-state index < -0.39 is 5.97 Å². The predicted octanol–water partition coefficient (Wildman–Crippen LogP) is 7.19. The molecule has 1 aromatic heterocycles. The molecule has 0 saturated carbocycles. The fraction of sp³-hybridized carbons (Fsp3) is 0. The lowest BCUT2D eigenvalue weighted by Crippen LogP contribution is -2.06. The Kier molecular flexibility index (Phi) is 4.96. The molecule has 0 saturated heterocycles. The van der Waals surface area contributed by atoms with E-state index in [4.69, 9.17) is 16.3 Å². The summed E-state index contributed by atoms with van der Waals surface area (Å²) in [5.74, 6) is -0.0490. The molecule has 0 aliphatic heterocycles. The number of benzene rings is 3. The first kappa shape index (κ1) is 17.4. The van der Waals surface area contributed by atoms with Crippen LogP contribution in [0.1, 0.15) is 9.67 Å². The van der Waals surface area contributed by atoms with Crippen molar-refractivity contribution in [3.8, 4) is 5.75 Å². The quantitative estimate of drug-likeness (QED) is 0.209. The monoisotopic (exact) mass is 392 g/mol. The van der Waals surface area contributed by atoms with E-state index in [9.17, 15) is 4.79 Å². The molecule has 4 aromatic rings. The summed E-state index contributed by atoms with van der Waals surface area (Å²) in [6.45, 7) is 0. The van der Waals surface area contributed by atoms with Crippen molar-refractivity contribution >= 4 is 50.4 Å². The van der Waals surface area contributed by atoms with Gasteiger partial charge in [-0.2, -0.15) is 10.2 Å². The molecule has 1 heterocycles. The highest BCUT2D eigenvalue weighted by atomic mass is 35.5. The third-order valence-electron chi connectivity index (χ3n) is 3.80. The summed E-state index contributed by atoms with van der Waals surface area (Å²) in [4.78, 5) is 12.9. The van der Waals surface area contributed by atoms with Crippen LogP contribution in [0.15, 0.2) is 89.1 Å². The third-order valence-corrected chi connectivity index (χ3v) is 5.46. The normalized spacial score (nSPS) is 11.1. The topological polar surface area (TPSA) is 51.0 Å². The summed E-state index contributed by atoms with van der Waals surface area (Å²) in [5, 5.41) is 9.59. The van der Waals surface area contributed by atoms with Crippen LogP contribution in [-0.4, -0.2) is 5.97 Å². The Labute approximate surface area is 164 Å². The van der Waals surface area contributed by atoms with E-state index in [1.807, 2.05) is 54.6 Å². The number of ether oxygens (including phenoxy) is 1. The second-order valence-electron chi connectivity index (χ2n) is 5.66. The molecule has 4 rings (SSSR count). The van der Waals surface area contributed by atoms with E-state index in [0.29, 0.717) is 21.3 Å². The van der Waals surface area contributed by atoms with E-state index in [-0.39, 0.29) is 0 Å². The maximum absolute atomic E-state index is 12.5. The number of carbonyl (C=O) groups excluding carboxylic acids is 1. The van der Waals surface area contributed by atoms with Gasteiger partial charge in [0.15, 0.2) is 0 Å². The summed E-state index contributed by atoms with van der Waals surface area (Å²) in [6.07, 6.45) is 0. The lowest BCUT2D eigenvalue weighted by molar-refractivity contribution is 0.0740. The number of nitrogens with zero attached hydrogens (tertiary/aromatic N) is 2. The van der Waals surface area contributed by atoms with Crippen LogP contribution >= 0.6 is 22.9 Å². The van der Waals surface area contributed by atoms with Crippen LogP contribution in [0.4, 0.5) is 11.4 Å². The van der Waals surface area contributed by atoms with Crippen molar-refractivity contribution in [2.75, 3.05) is 0 Å². The van der Waals surface area contributed by atoms with Crippen molar-refractivity contribution in [1.29, 1.82) is 0 Å². The first-order valence-electron chi connectivity index (χ1n) is 8.17. The first-order chi connectivity index (χ1) is 13.2. The molecule has 6 heteroatoms. The summed E-state index contributed by atoms with van der Waals surface area (Å²) < 4.78 is 6.39. The van der Waals surface area contributed by atoms with Crippen LogP contribution in [0, 0.1) is 0 Å². The van der Waals surface area contributed by atoms with E-state index >= 15 is 0 Å². The van der Waals surface area contributed by atoms with Crippen LogP contribution in [0.2, 0.25) is 5.02 Å². The van der Waals surface area contributed by atoms with Gasteiger partial charge in [-0.3, -0.25) is 0 Å². The number of thiophene rings is 1. The molecule has 27 heavy (non-hydrogen) atoms. The Hall–Kier alpha value is -3.02. The van der Waals surface area contributed by atoms with E-state index in [1.165, 1.54) is 11.3 Å². The van der Waals surface area contributed by atoms with Crippen LogP contribution in [-0.2, 0) is 0 Å². The molecule has 132 valence electrons. The van der Waals surface area contributed by atoms with Crippen molar-refractivity contribution in [2.24, 2.45) is 10.2 Å². The van der Waals surface area contributed by atoms with Gasteiger partial charge in [0.25, 0.3) is 0 Å². The molecule has 0 radical (unpaired) electrons. The fourth-order valence-corrected chi connectivity index (χ4v) is 3.87. The van der Waals surface area contributed by atoms with Gasteiger partial charge in [0.1, 0.15) is 10.6 Å². The largest absolute Gasteiger partial charge is 0.422 e. The molecule has 4 nitrogen and oxygen atoms in total. The molecule has 0 aliphatic carbocycles. The maximum atomic E-state index is 12.5. The predicted molar refractivity (Wildman–Crippen MR) is 109 cm³/mol. The highest BCUT2D eigenvalue weighted by molar-refractivity contribution is 7.21. The van der Waals surface area contributed by atoms with Gasteiger partial charge in [-0.05, 0) is 42.5 Å². The zero-order valence-corrected chi connectivity index (χ0v) is 15.6. The standard InChI is InChI=1S/C21H13ClN2O2S/c22-19-17-8-4-5-9-18(17)27-20(19)21(25)26-16-12-10-15(11-13-16)24-23-14-6-2-1-3-7-14/h1-13H. The van der Waals surface area contributed by atoms with E-state index in [0.717, 1.165) is 15.8 Å². The maximum Gasteiger partial charge on any atom is 0.355 e. The summed E-state index contributed by atoms with van der Waals surface area (Å²) in [6, 6.07) is 23.9. The molecule has 3 aromatic carbocycles. The Morgan fingerprint density at radius 3 is 2.15 bits per heavy atom. The minimum absolute atomic E-state index is 0.394. The number of hydrogen-bond acceptors (Lipinski definition) is 5. The third kappa shape index (κ3) is 3.89. The average molecular weight is 393 g/mol. The van der Waals surface area contributed by atoms with Crippen molar-refractivity contribution in [3.05, 3.63) is 88.8 Å². The second kappa shape index (κ2) is 7.70. The summed E-state index contributed by atoms with van der Waals surface area (Å²) >= 11 is 7.65. The molecule has 0 spiro atoms. The van der Waals surface area contributed by atoms with Crippen molar-refractivity contribution < 1.29 is 9.53 Å². The number of carbonyl (C=O) groups is 1. The van der Waals surface area contributed by atoms with Crippen molar-refractivity contribution in [3.63, 3.8) is 0 Å². The van der Waals surface area contributed by atoms with Gasteiger partial charge in [-0.25, -0.2) is 4.79 Å². The Morgan fingerprint density at radius 2 is 1.44 bits per heavy atom. The van der Waals surface area contributed by atoms with Gasteiger partial charge in [-0.15, -0.1) is 11.3 Å². The lowest BCUT2D eigenvalue weighted by Gasteiger charge is -2.03. The Morgan fingerprint density at radius 1 is 0.815 bits per heavy atom. The number of fused-ring (bicyclic) bond motifs is 1. The van der Waals surface area contributed by atoms with Crippen molar-refractivity contribution in [2.45, 2.75) is 0 Å². The summed E-state index contributed by atoms with van der Waals surface area (Å²) in [7, 11) is 0. The molecule has 0 fully saturated rings. The zero-order valence-electron chi connectivity index (χ0n) is 14.0. The van der Waals surface area contributed by atoms with Gasteiger partial charge < -0.3 is 4.74 Å². The number of hydrogen-bond donors (Lipinski definition) is 0. The molecule has 0 aliphatic rings. The molecule has 0 atom stereocenters. The molecule has 0 N–H and O–H groups in total. The second-order valence-corrected chi connectivity index (χ2v) is 7.09. The van der Waals surface area contributed by atoms with Crippen LogP contribution < -0.4 is 4.74 Å². The minimum atomic E-state index is -0.472. The minimum Gasteiger partial charge on any atom is -0.422 e. The number of azo groups is 1. The van der Waals surface area contributed by atoms with Gasteiger partial charge in [0.2, 0.25) is 0 Å². The zero-order chi connectivity index (χ0) is 18.6. The average Bonchev–Trinajstić information content (AvgIpc) is 3.05. The molecular weight excluding hydrogens is 380 g/mol. The van der Waals surface area contributed by atoms with Crippen LogP contribution in [0.25, 0.3) is 10.1 Å². The van der Waals surface area contributed by atoms with E-state index in [1.54, 1.807) is 24.3 Å². The smallest absolute Gasteiger partial charge is 0.355 e. The van der Waals surface area contributed by atoms with E-state index in [2.05, 4.69) is 10.2 Å². The number of esters is 1. The Balaban J connectivity index is 1.48. The SMILES string of the molecule is O=C(Oc1ccc(N=Nc2ccccc2)cc1)c1sc2ccccc2c1Cl. The molecule has 0 amide bonds. The molecule has 0 unspecified atom stereocenters. The van der Waals surface area contributed by atoms with Crippen LogP contribution in [0.5, 0.6) is 5.75 Å². The Bertz CT molecular complexity index is 1120. The molecular formula is C21H13ClN2O2S. The summed E-state index contributed by atoms with van der Waals surface area (Å²) in [5.41, 5.74) is 1.44. The molecule has 0 bridgehead atoms. The van der Waals surface area contributed by atoms with Crippen molar-refractivity contribution in [1.82, 2.24) is 0 Å². The lowest BCUT2D eigenvalue weighted by atomic mass is 10.2. The fourth-order valence-electron chi connectivity index (χ4n) is 2.49. The highest BCUT2D eigenvalue weighted by Gasteiger charge is 2.18.